The predicted molar refractivity (Wildman–Crippen MR) is 27.0 cm³/mol. The summed E-state index contributed by atoms with van der Waals surface area (Å²) < 4.78 is 0. The molecule has 0 bridgehead atoms. The molecule has 7 heavy (non-hydrogen) atoms. The van der Waals surface area contributed by atoms with Crippen LogP contribution in [0.1, 0.15) is 6.42 Å². The van der Waals surface area contributed by atoms with Crippen LogP contribution in [0, 0.1) is 5.21 Å². The molecule has 0 atom stereocenters. The van der Waals surface area contributed by atoms with Gasteiger partial charge in [-0.15, -0.1) is 0 Å². The molecule has 0 aromatic carbocycles. The molecule has 1 aliphatic rings. The van der Waals surface area contributed by atoms with Crippen molar-refractivity contribution in [3.8, 4) is 0 Å². The summed E-state index contributed by atoms with van der Waals surface area (Å²) in [7, 11) is 1.43. The zero-order valence-electron chi connectivity index (χ0n) is 4.14. The van der Waals surface area contributed by atoms with Gasteiger partial charge in [0.05, 0.1) is 0 Å². The van der Waals surface area contributed by atoms with E-state index in [1.54, 1.807) is 0 Å². The lowest BCUT2D eigenvalue weighted by molar-refractivity contribution is 0.379. The molecule has 0 saturated heterocycles. The Morgan fingerprint density at radius 3 is 2.71 bits per heavy atom. The Hall–Kier alpha value is -0.540. The number of hydrogen-bond acceptors (Lipinski definition) is 3. The number of rotatable bonds is 2. The van der Waals surface area contributed by atoms with Crippen LogP contribution in [0.5, 0.6) is 0 Å². The van der Waals surface area contributed by atoms with Gasteiger partial charge in [-0.25, -0.2) is 0 Å². The fraction of sp³-hybridized carbons (Fsp3) is 0.500. The SMILES string of the molecule is CN([O-])NC1=CC1. The van der Waals surface area contributed by atoms with Gasteiger partial charge in [-0.05, 0) is 7.05 Å². The maximum absolute atomic E-state index is 10.1. The van der Waals surface area contributed by atoms with Crippen LogP contribution >= 0.6 is 0 Å². The van der Waals surface area contributed by atoms with E-state index in [0.29, 0.717) is 5.17 Å². The summed E-state index contributed by atoms with van der Waals surface area (Å²) in [4.78, 5) is 0. The molecule has 0 radical (unpaired) electrons. The van der Waals surface area contributed by atoms with Crippen molar-refractivity contribution < 1.29 is 0 Å². The maximum atomic E-state index is 10.1. The molecule has 40 valence electrons. The normalized spacial score (nSPS) is 16.7. The van der Waals surface area contributed by atoms with E-state index in [9.17, 15) is 5.21 Å². The van der Waals surface area contributed by atoms with Crippen LogP contribution in [0.3, 0.4) is 0 Å². The van der Waals surface area contributed by atoms with Gasteiger partial charge in [0.25, 0.3) is 0 Å². The first-order valence-electron chi connectivity index (χ1n) is 2.15. The highest BCUT2D eigenvalue weighted by atomic mass is 16.5. The van der Waals surface area contributed by atoms with E-state index in [0.717, 1.165) is 12.1 Å². The molecule has 0 unspecified atom stereocenters. The molecule has 0 aliphatic heterocycles. The third-order valence-corrected chi connectivity index (χ3v) is 0.709. The Kier molecular flexibility index (Phi) is 1.00. The third kappa shape index (κ3) is 1.57. The highest BCUT2D eigenvalue weighted by Crippen LogP contribution is 2.13. The van der Waals surface area contributed by atoms with Crippen molar-refractivity contribution in [2.24, 2.45) is 0 Å². The predicted octanol–water partition coefficient (Wildman–Crippen LogP) is 0.208. The van der Waals surface area contributed by atoms with Crippen molar-refractivity contribution in [3.05, 3.63) is 17.0 Å². The smallest absolute Gasteiger partial charge is 0.0256 e. The number of allylic oxidation sites excluding steroid dienone is 2. The number of hydrazine groups is 1. The van der Waals surface area contributed by atoms with Gasteiger partial charge in [0.2, 0.25) is 0 Å². The van der Waals surface area contributed by atoms with Crippen molar-refractivity contribution in [2.75, 3.05) is 7.05 Å². The average molecular weight is 99.1 g/mol. The fourth-order valence-corrected chi connectivity index (χ4v) is 0.345. The minimum absolute atomic E-state index is 0.693. The van der Waals surface area contributed by atoms with Gasteiger partial charge >= 0.3 is 0 Å². The van der Waals surface area contributed by atoms with E-state index in [1.165, 1.54) is 7.05 Å². The quantitative estimate of drug-likeness (QED) is 0.503. The first-order valence-corrected chi connectivity index (χ1v) is 2.15. The second kappa shape index (κ2) is 1.52. The van der Waals surface area contributed by atoms with Gasteiger partial charge in [-0.2, -0.15) is 0 Å². The molecule has 0 spiro atoms. The van der Waals surface area contributed by atoms with E-state index in [-0.39, 0.29) is 0 Å². The molecule has 0 heterocycles. The van der Waals surface area contributed by atoms with Crippen molar-refractivity contribution >= 4 is 0 Å². The van der Waals surface area contributed by atoms with Crippen LogP contribution in [0.15, 0.2) is 11.8 Å². The minimum atomic E-state index is 0.693. The first kappa shape index (κ1) is 4.61. The Morgan fingerprint density at radius 1 is 2.00 bits per heavy atom. The van der Waals surface area contributed by atoms with E-state index < -0.39 is 0 Å². The maximum Gasteiger partial charge on any atom is 0.0256 e. The molecule has 3 nitrogen and oxygen atoms in total. The zero-order chi connectivity index (χ0) is 5.28. The van der Waals surface area contributed by atoms with Crippen molar-refractivity contribution in [1.29, 1.82) is 0 Å². The summed E-state index contributed by atoms with van der Waals surface area (Å²) >= 11 is 0. The average Bonchev–Trinajstić information content (AvgIpc) is 2.17. The molecule has 0 saturated carbocycles. The standard InChI is InChI=1S/C4H7N2O/c1-6(7)5-4-2-3-4/h2,5H,3H2,1H3/q-1. The van der Waals surface area contributed by atoms with Gasteiger partial charge in [-0.3, -0.25) is 0 Å². The van der Waals surface area contributed by atoms with Gasteiger partial charge in [0.15, 0.2) is 0 Å². The molecular formula is C4H7N2O-. The first-order chi connectivity index (χ1) is 3.29. The Labute approximate surface area is 42.2 Å². The van der Waals surface area contributed by atoms with Crippen molar-refractivity contribution in [2.45, 2.75) is 6.42 Å². The van der Waals surface area contributed by atoms with E-state index >= 15 is 0 Å². The van der Waals surface area contributed by atoms with E-state index in [1.807, 2.05) is 6.08 Å². The third-order valence-electron chi connectivity index (χ3n) is 0.709. The molecule has 0 aromatic heterocycles. The van der Waals surface area contributed by atoms with Crippen LogP contribution in [-0.4, -0.2) is 12.2 Å². The van der Waals surface area contributed by atoms with Crippen molar-refractivity contribution in [1.82, 2.24) is 10.6 Å². The van der Waals surface area contributed by atoms with Gasteiger partial charge in [-0.1, -0.05) is 6.08 Å². The van der Waals surface area contributed by atoms with Crippen molar-refractivity contribution in [3.63, 3.8) is 0 Å². The lowest BCUT2D eigenvalue weighted by atomic mass is 10.8. The number of hydroxylamine groups is 1. The van der Waals surface area contributed by atoms with Gasteiger partial charge in [0, 0.05) is 12.1 Å². The molecular weight excluding hydrogens is 92.1 g/mol. The summed E-state index contributed by atoms with van der Waals surface area (Å²) in [5, 5.41) is 10.8. The van der Waals surface area contributed by atoms with Crippen LogP contribution in [0.4, 0.5) is 0 Å². The molecule has 0 amide bonds. The lowest BCUT2D eigenvalue weighted by Gasteiger charge is -2.21. The zero-order valence-corrected chi connectivity index (χ0v) is 4.14. The highest BCUT2D eigenvalue weighted by Gasteiger charge is 2.03. The van der Waals surface area contributed by atoms with Crippen LogP contribution in [-0.2, 0) is 0 Å². The topological polar surface area (TPSA) is 38.3 Å². The Morgan fingerprint density at radius 2 is 2.57 bits per heavy atom. The van der Waals surface area contributed by atoms with Gasteiger partial charge in [0.1, 0.15) is 0 Å². The summed E-state index contributed by atoms with van der Waals surface area (Å²) in [6.07, 6.45) is 2.90. The summed E-state index contributed by atoms with van der Waals surface area (Å²) in [6.45, 7) is 0. The minimum Gasteiger partial charge on any atom is -0.768 e. The largest absolute Gasteiger partial charge is 0.768 e. The van der Waals surface area contributed by atoms with Crippen LogP contribution < -0.4 is 5.43 Å². The lowest BCUT2D eigenvalue weighted by Crippen LogP contribution is -2.24. The molecule has 1 rings (SSSR count). The molecule has 0 aromatic rings. The fourth-order valence-electron chi connectivity index (χ4n) is 0.345. The second-order valence-corrected chi connectivity index (χ2v) is 1.54. The summed E-state index contributed by atoms with van der Waals surface area (Å²) in [6, 6.07) is 0. The van der Waals surface area contributed by atoms with Crippen LogP contribution in [0.2, 0.25) is 0 Å². The Balaban J connectivity index is 2.09. The number of nitrogens with zero attached hydrogens (tertiary/aromatic N) is 1. The monoisotopic (exact) mass is 99.1 g/mol. The molecule has 1 N–H and O–H groups in total. The summed E-state index contributed by atoms with van der Waals surface area (Å²) in [5.41, 5.74) is 3.58. The van der Waals surface area contributed by atoms with Gasteiger partial charge < -0.3 is 15.8 Å². The summed E-state index contributed by atoms with van der Waals surface area (Å²) in [5.74, 6) is 0. The molecule has 0 fully saturated rings. The number of nitrogens with one attached hydrogen (secondary N) is 1. The highest BCUT2D eigenvalue weighted by molar-refractivity contribution is 5.18. The van der Waals surface area contributed by atoms with E-state index in [2.05, 4.69) is 5.43 Å². The molecule has 1 aliphatic carbocycles. The second-order valence-electron chi connectivity index (χ2n) is 1.54. The molecule has 3 heteroatoms. The number of hydrogen-bond donors (Lipinski definition) is 1. The van der Waals surface area contributed by atoms with Crippen LogP contribution in [0.25, 0.3) is 0 Å². The van der Waals surface area contributed by atoms with E-state index in [4.69, 9.17) is 0 Å². The Bertz CT molecular complexity index is 97.9.